The lowest BCUT2D eigenvalue weighted by Crippen LogP contribution is -2.29. The molecule has 1 atom stereocenters. The zero-order chi connectivity index (χ0) is 24.1. The molecule has 0 unspecified atom stereocenters. The van der Waals surface area contributed by atoms with Crippen LogP contribution >= 0.6 is 0 Å². The molecule has 6 heteroatoms. The average molecular weight is 460 g/mol. The largest absolute Gasteiger partial charge is 0.345 e. The maximum Gasteiger partial charge on any atom is 0.253 e. The number of nitrogens with zero attached hydrogens (tertiary/aromatic N) is 2. The lowest BCUT2D eigenvalue weighted by molar-refractivity contribution is 0.0934. The predicted octanol–water partition coefficient (Wildman–Crippen LogP) is 6.44. The van der Waals surface area contributed by atoms with Gasteiger partial charge in [0.25, 0.3) is 5.91 Å². The Morgan fingerprint density at radius 1 is 1.03 bits per heavy atom. The van der Waals surface area contributed by atoms with Gasteiger partial charge in [-0.3, -0.25) is 4.79 Å². The van der Waals surface area contributed by atoms with Crippen LogP contribution in [0.5, 0.6) is 0 Å². The van der Waals surface area contributed by atoms with Crippen LogP contribution < -0.4 is 5.32 Å². The number of carbonyl (C=O) groups is 1. The minimum atomic E-state index is -0.638. The number of amides is 1. The molecule has 0 spiro atoms. The second-order valence-electron chi connectivity index (χ2n) is 9.35. The third-order valence-electron chi connectivity index (χ3n) is 6.78. The van der Waals surface area contributed by atoms with E-state index < -0.39 is 11.6 Å². The molecule has 0 bridgehead atoms. The van der Waals surface area contributed by atoms with Gasteiger partial charge in [-0.05, 0) is 73.6 Å². The van der Waals surface area contributed by atoms with Gasteiger partial charge in [-0.15, -0.1) is 0 Å². The summed E-state index contributed by atoms with van der Waals surface area (Å²) in [6.07, 6.45) is 1.80. The molecule has 0 radical (unpaired) electrons. The fourth-order valence-electron chi connectivity index (χ4n) is 5.32. The van der Waals surface area contributed by atoms with Crippen molar-refractivity contribution in [3.63, 3.8) is 0 Å². The maximum atomic E-state index is 14.6. The molecule has 174 valence electrons. The van der Waals surface area contributed by atoms with E-state index in [9.17, 15) is 13.6 Å². The molecule has 0 saturated heterocycles. The second-order valence-corrected chi connectivity index (χ2v) is 9.35. The van der Waals surface area contributed by atoms with Crippen molar-refractivity contribution in [1.82, 2.24) is 14.9 Å². The molecule has 4 aromatic rings. The molecular formula is C28H27F2N3O. The first kappa shape index (κ1) is 22.3. The van der Waals surface area contributed by atoms with E-state index in [1.807, 2.05) is 13.8 Å². The summed E-state index contributed by atoms with van der Waals surface area (Å²) in [4.78, 5) is 13.5. The Morgan fingerprint density at radius 2 is 1.74 bits per heavy atom. The SMILES string of the molecule is Cc1cccc2c1[C@@H](NC(=O)c1ccc3c(-c4c(F)cccc4F)c(C)nn3c1C(C)C)CC2. The lowest BCUT2D eigenvalue weighted by Gasteiger charge is -2.19. The zero-order valence-corrected chi connectivity index (χ0v) is 19.7. The summed E-state index contributed by atoms with van der Waals surface area (Å²) in [5, 5.41) is 7.84. The molecule has 5 rings (SSSR count). The minimum absolute atomic E-state index is 0.0400. The molecule has 1 aliphatic carbocycles. The first-order chi connectivity index (χ1) is 16.3. The van der Waals surface area contributed by atoms with Crippen LogP contribution in [0.2, 0.25) is 0 Å². The van der Waals surface area contributed by atoms with E-state index in [1.54, 1.807) is 23.6 Å². The van der Waals surface area contributed by atoms with Crippen molar-refractivity contribution in [1.29, 1.82) is 0 Å². The van der Waals surface area contributed by atoms with Crippen LogP contribution in [-0.4, -0.2) is 15.5 Å². The molecule has 1 N–H and O–H groups in total. The Morgan fingerprint density at radius 3 is 2.44 bits per heavy atom. The van der Waals surface area contributed by atoms with E-state index >= 15 is 0 Å². The topological polar surface area (TPSA) is 46.4 Å². The van der Waals surface area contributed by atoms with E-state index in [-0.39, 0.29) is 23.4 Å². The van der Waals surface area contributed by atoms with Crippen molar-refractivity contribution in [2.45, 2.75) is 52.5 Å². The van der Waals surface area contributed by atoms with Gasteiger partial charge in [0.2, 0.25) is 0 Å². The summed E-state index contributed by atoms with van der Waals surface area (Å²) in [6, 6.07) is 13.5. The highest BCUT2D eigenvalue weighted by Crippen LogP contribution is 2.36. The van der Waals surface area contributed by atoms with Gasteiger partial charge < -0.3 is 5.32 Å². The molecule has 1 aliphatic rings. The first-order valence-electron chi connectivity index (χ1n) is 11.6. The van der Waals surface area contributed by atoms with Crippen molar-refractivity contribution in [3.8, 4) is 11.1 Å². The van der Waals surface area contributed by atoms with E-state index in [0.717, 1.165) is 12.8 Å². The fraction of sp³-hybridized carbons (Fsp3) is 0.286. The normalized spacial score (nSPS) is 15.2. The summed E-state index contributed by atoms with van der Waals surface area (Å²) in [5.74, 6) is -1.49. The Balaban J connectivity index is 1.60. The number of rotatable bonds is 4. The number of fused-ring (bicyclic) bond motifs is 2. The van der Waals surface area contributed by atoms with Crippen LogP contribution in [0.1, 0.15) is 70.7 Å². The number of pyridine rings is 1. The van der Waals surface area contributed by atoms with Crippen molar-refractivity contribution < 1.29 is 13.6 Å². The van der Waals surface area contributed by atoms with Gasteiger partial charge in [-0.2, -0.15) is 5.10 Å². The highest BCUT2D eigenvalue weighted by atomic mass is 19.1. The predicted molar refractivity (Wildman–Crippen MR) is 129 cm³/mol. The lowest BCUT2D eigenvalue weighted by atomic mass is 9.98. The van der Waals surface area contributed by atoms with Gasteiger partial charge in [0.05, 0.1) is 34.1 Å². The number of halogens is 2. The van der Waals surface area contributed by atoms with Crippen LogP contribution in [0.25, 0.3) is 16.6 Å². The Labute approximate surface area is 197 Å². The van der Waals surface area contributed by atoms with Crippen LogP contribution in [0.15, 0.2) is 48.5 Å². The van der Waals surface area contributed by atoms with Crippen LogP contribution in [0, 0.1) is 25.5 Å². The molecule has 2 aromatic heterocycles. The van der Waals surface area contributed by atoms with Crippen molar-refractivity contribution in [2.75, 3.05) is 0 Å². The summed E-state index contributed by atoms with van der Waals surface area (Å²) < 4.78 is 30.9. The molecule has 0 aliphatic heterocycles. The Kier molecular flexibility index (Phi) is 5.47. The van der Waals surface area contributed by atoms with Crippen molar-refractivity contribution in [3.05, 3.63) is 93.8 Å². The van der Waals surface area contributed by atoms with E-state index in [1.165, 1.54) is 34.9 Å². The van der Waals surface area contributed by atoms with E-state index in [2.05, 4.69) is 35.5 Å². The third-order valence-corrected chi connectivity index (χ3v) is 6.78. The van der Waals surface area contributed by atoms with Gasteiger partial charge in [0.1, 0.15) is 11.6 Å². The number of hydrogen-bond donors (Lipinski definition) is 1. The van der Waals surface area contributed by atoms with E-state index in [4.69, 9.17) is 0 Å². The van der Waals surface area contributed by atoms with Gasteiger partial charge in [-0.25, -0.2) is 13.3 Å². The van der Waals surface area contributed by atoms with E-state index in [0.29, 0.717) is 28.0 Å². The number of aryl methyl sites for hydroxylation is 3. The van der Waals surface area contributed by atoms with Crippen molar-refractivity contribution in [2.24, 2.45) is 0 Å². The third kappa shape index (κ3) is 3.49. The highest BCUT2D eigenvalue weighted by molar-refractivity contribution is 5.97. The number of nitrogens with one attached hydrogen (secondary N) is 1. The van der Waals surface area contributed by atoms with Gasteiger partial charge in [-0.1, -0.05) is 38.1 Å². The summed E-state index contributed by atoms with van der Waals surface area (Å²) in [5.41, 5.74) is 6.28. The fourth-order valence-corrected chi connectivity index (χ4v) is 5.32. The molecule has 1 amide bonds. The number of aromatic nitrogens is 2. The molecular weight excluding hydrogens is 432 g/mol. The molecule has 2 heterocycles. The number of hydrogen-bond acceptors (Lipinski definition) is 2. The standard InChI is InChI=1S/C28H27F2N3O/c1-15(2)27-19(28(34)31-22-13-11-18-8-5-7-16(3)24(18)22)12-14-23-25(17(4)32-33(23)27)26-20(29)9-6-10-21(26)30/h5-10,12,14-15,22H,11,13H2,1-4H3,(H,31,34)/t22-/m0/s1. The number of benzene rings is 2. The highest BCUT2D eigenvalue weighted by Gasteiger charge is 2.28. The monoisotopic (exact) mass is 459 g/mol. The zero-order valence-electron chi connectivity index (χ0n) is 19.7. The Bertz CT molecular complexity index is 1420. The number of carbonyl (C=O) groups excluding carboxylic acids is 1. The Hall–Kier alpha value is -3.54. The van der Waals surface area contributed by atoms with Gasteiger partial charge >= 0.3 is 0 Å². The summed E-state index contributed by atoms with van der Waals surface area (Å²) in [7, 11) is 0. The molecule has 0 fully saturated rings. The van der Waals surface area contributed by atoms with Crippen molar-refractivity contribution >= 4 is 11.4 Å². The van der Waals surface area contributed by atoms with Gasteiger partial charge in [0, 0.05) is 5.56 Å². The minimum Gasteiger partial charge on any atom is -0.345 e. The smallest absolute Gasteiger partial charge is 0.253 e. The molecule has 4 nitrogen and oxygen atoms in total. The first-order valence-corrected chi connectivity index (χ1v) is 11.6. The molecule has 0 saturated carbocycles. The second kappa shape index (κ2) is 8.35. The quantitative estimate of drug-likeness (QED) is 0.382. The summed E-state index contributed by atoms with van der Waals surface area (Å²) in [6.45, 7) is 7.78. The van der Waals surface area contributed by atoms with Crippen LogP contribution in [-0.2, 0) is 6.42 Å². The summed E-state index contributed by atoms with van der Waals surface area (Å²) >= 11 is 0. The van der Waals surface area contributed by atoms with Crippen LogP contribution in [0.4, 0.5) is 8.78 Å². The molecule has 34 heavy (non-hydrogen) atoms. The average Bonchev–Trinajstić information content (AvgIpc) is 3.34. The molecule has 2 aromatic carbocycles. The van der Waals surface area contributed by atoms with Gasteiger partial charge in [0.15, 0.2) is 0 Å². The maximum absolute atomic E-state index is 14.6. The van der Waals surface area contributed by atoms with Crippen LogP contribution in [0.3, 0.4) is 0 Å².